The lowest BCUT2D eigenvalue weighted by molar-refractivity contribution is -0.144. The summed E-state index contributed by atoms with van der Waals surface area (Å²) in [6.45, 7) is 14.4. The van der Waals surface area contributed by atoms with Crippen molar-refractivity contribution in [3.05, 3.63) is 42.0 Å². The van der Waals surface area contributed by atoms with E-state index >= 15 is 0 Å². The number of rotatable bonds is 12. The molecule has 0 aliphatic heterocycles. The van der Waals surface area contributed by atoms with Crippen LogP contribution in [0.1, 0.15) is 71.6 Å². The smallest absolute Gasteiger partial charge is 0.408 e. The van der Waals surface area contributed by atoms with E-state index in [0.717, 1.165) is 5.56 Å². The SMILES string of the molecule is C=Cc1cccc(C(C(=O)NCCC(=O)OCC)N(C(=O)CNC(=O)OC(C)(C)C)C(C)CC)c1. The first-order valence-corrected chi connectivity index (χ1v) is 11.9. The normalized spacial score (nSPS) is 12.6. The zero-order chi connectivity index (χ0) is 26.6. The molecule has 194 valence electrons. The second-order valence-corrected chi connectivity index (χ2v) is 9.04. The zero-order valence-electron chi connectivity index (χ0n) is 21.7. The minimum atomic E-state index is -0.986. The Kier molecular flexibility index (Phi) is 12.0. The summed E-state index contributed by atoms with van der Waals surface area (Å²) in [7, 11) is 0. The van der Waals surface area contributed by atoms with E-state index in [-0.39, 0.29) is 32.2 Å². The summed E-state index contributed by atoms with van der Waals surface area (Å²) >= 11 is 0. The van der Waals surface area contributed by atoms with Crippen LogP contribution in [0.15, 0.2) is 30.8 Å². The predicted molar refractivity (Wildman–Crippen MR) is 134 cm³/mol. The van der Waals surface area contributed by atoms with Crippen molar-refractivity contribution in [2.75, 3.05) is 19.7 Å². The molecule has 1 aromatic carbocycles. The molecule has 3 amide bonds. The van der Waals surface area contributed by atoms with E-state index in [1.807, 2.05) is 19.9 Å². The van der Waals surface area contributed by atoms with Crippen LogP contribution in [0.2, 0.25) is 0 Å². The molecule has 0 aliphatic carbocycles. The summed E-state index contributed by atoms with van der Waals surface area (Å²) in [5.74, 6) is -1.31. The fourth-order valence-electron chi connectivity index (χ4n) is 3.31. The van der Waals surface area contributed by atoms with Crippen LogP contribution in [0.3, 0.4) is 0 Å². The molecular formula is C26H39N3O6. The molecule has 0 radical (unpaired) electrons. The Morgan fingerprint density at radius 3 is 2.40 bits per heavy atom. The van der Waals surface area contributed by atoms with Crippen LogP contribution in [0.4, 0.5) is 4.79 Å². The highest BCUT2D eigenvalue weighted by Gasteiger charge is 2.34. The lowest BCUT2D eigenvalue weighted by Gasteiger charge is -2.36. The Bertz CT molecular complexity index is 893. The number of esters is 1. The molecular weight excluding hydrogens is 450 g/mol. The van der Waals surface area contributed by atoms with Crippen molar-refractivity contribution in [1.29, 1.82) is 0 Å². The largest absolute Gasteiger partial charge is 0.466 e. The Labute approximate surface area is 208 Å². The van der Waals surface area contributed by atoms with Crippen molar-refractivity contribution >= 4 is 30.0 Å². The molecule has 0 aliphatic rings. The van der Waals surface area contributed by atoms with Crippen molar-refractivity contribution in [3.63, 3.8) is 0 Å². The van der Waals surface area contributed by atoms with Crippen molar-refractivity contribution in [2.45, 2.75) is 72.1 Å². The van der Waals surface area contributed by atoms with E-state index in [9.17, 15) is 19.2 Å². The summed E-state index contributed by atoms with van der Waals surface area (Å²) in [6.07, 6.45) is 1.51. The molecule has 0 aromatic heterocycles. The van der Waals surface area contributed by atoms with E-state index in [1.165, 1.54) is 4.90 Å². The molecule has 0 saturated heterocycles. The molecule has 1 rings (SSSR count). The fourth-order valence-corrected chi connectivity index (χ4v) is 3.31. The molecule has 9 heteroatoms. The maximum absolute atomic E-state index is 13.4. The molecule has 0 heterocycles. The second-order valence-electron chi connectivity index (χ2n) is 9.04. The molecule has 2 N–H and O–H groups in total. The van der Waals surface area contributed by atoms with E-state index in [2.05, 4.69) is 17.2 Å². The number of nitrogens with zero attached hydrogens (tertiary/aromatic N) is 1. The maximum Gasteiger partial charge on any atom is 0.408 e. The van der Waals surface area contributed by atoms with Crippen LogP contribution in [0.5, 0.6) is 0 Å². The first-order valence-electron chi connectivity index (χ1n) is 11.9. The van der Waals surface area contributed by atoms with Crippen molar-refractivity contribution < 1.29 is 28.7 Å². The maximum atomic E-state index is 13.4. The van der Waals surface area contributed by atoms with Crippen LogP contribution in [0, 0.1) is 0 Å². The van der Waals surface area contributed by atoms with Crippen LogP contribution in [-0.4, -0.2) is 60.1 Å². The van der Waals surface area contributed by atoms with Gasteiger partial charge in [-0.2, -0.15) is 0 Å². The van der Waals surface area contributed by atoms with E-state index in [4.69, 9.17) is 9.47 Å². The summed E-state index contributed by atoms with van der Waals surface area (Å²) in [5, 5.41) is 5.22. The molecule has 0 saturated carbocycles. The summed E-state index contributed by atoms with van der Waals surface area (Å²) < 4.78 is 10.1. The van der Waals surface area contributed by atoms with Gasteiger partial charge in [0.15, 0.2) is 0 Å². The number of carbonyl (C=O) groups excluding carboxylic acids is 4. The minimum Gasteiger partial charge on any atom is -0.466 e. The Morgan fingerprint density at radius 2 is 1.83 bits per heavy atom. The average Bonchev–Trinajstić information content (AvgIpc) is 2.79. The number of carbonyl (C=O) groups is 4. The number of ether oxygens (including phenoxy) is 2. The number of nitrogens with one attached hydrogen (secondary N) is 2. The van der Waals surface area contributed by atoms with Gasteiger partial charge in [0.05, 0.1) is 13.0 Å². The highest BCUT2D eigenvalue weighted by atomic mass is 16.6. The van der Waals surface area contributed by atoms with E-state index < -0.39 is 35.5 Å². The topological polar surface area (TPSA) is 114 Å². The van der Waals surface area contributed by atoms with Gasteiger partial charge in [0.2, 0.25) is 11.8 Å². The Balaban J connectivity index is 3.22. The quantitative estimate of drug-likeness (QED) is 0.434. The van der Waals surface area contributed by atoms with Gasteiger partial charge in [0, 0.05) is 12.6 Å². The van der Waals surface area contributed by atoms with Gasteiger partial charge >= 0.3 is 12.1 Å². The van der Waals surface area contributed by atoms with Gasteiger partial charge in [-0.3, -0.25) is 14.4 Å². The van der Waals surface area contributed by atoms with E-state index in [1.54, 1.807) is 52.0 Å². The highest BCUT2D eigenvalue weighted by Crippen LogP contribution is 2.26. The third-order valence-electron chi connectivity index (χ3n) is 5.06. The summed E-state index contributed by atoms with van der Waals surface area (Å²) in [4.78, 5) is 52.0. The number of alkyl carbamates (subject to hydrolysis) is 1. The molecule has 0 bridgehead atoms. The number of amides is 3. The van der Waals surface area contributed by atoms with Gasteiger partial charge in [-0.05, 0) is 58.2 Å². The standard InChI is InChI=1S/C26H39N3O6/c1-8-18(4)29(21(30)17-28-25(33)35-26(5,6)7)23(20-13-11-12-19(9-2)16-20)24(32)27-15-14-22(31)34-10-3/h9,11-13,16,18,23H,2,8,10,14-15,17H2,1,3-7H3,(H,27,32)(H,28,33). The highest BCUT2D eigenvalue weighted by molar-refractivity contribution is 5.91. The first-order chi connectivity index (χ1) is 16.4. The third kappa shape index (κ3) is 10.2. The van der Waals surface area contributed by atoms with Gasteiger partial charge in [0.25, 0.3) is 0 Å². The number of hydrogen-bond donors (Lipinski definition) is 2. The van der Waals surface area contributed by atoms with E-state index in [0.29, 0.717) is 12.0 Å². The third-order valence-corrected chi connectivity index (χ3v) is 5.06. The van der Waals surface area contributed by atoms with Crippen LogP contribution in [0.25, 0.3) is 6.08 Å². The van der Waals surface area contributed by atoms with Gasteiger partial charge in [-0.25, -0.2) is 4.79 Å². The number of benzene rings is 1. The van der Waals surface area contributed by atoms with Crippen molar-refractivity contribution in [1.82, 2.24) is 15.5 Å². The first kappa shape index (κ1) is 29.7. The summed E-state index contributed by atoms with van der Waals surface area (Å²) in [6, 6.07) is 5.85. The molecule has 0 spiro atoms. The van der Waals surface area contributed by atoms with Crippen LogP contribution >= 0.6 is 0 Å². The Hall–Kier alpha value is -3.36. The molecule has 2 atom stereocenters. The van der Waals surface area contributed by atoms with Gasteiger partial charge in [0.1, 0.15) is 18.2 Å². The lowest BCUT2D eigenvalue weighted by atomic mass is 9.99. The second kappa shape index (κ2) is 14.1. The lowest BCUT2D eigenvalue weighted by Crippen LogP contribution is -2.51. The molecule has 0 fully saturated rings. The average molecular weight is 490 g/mol. The predicted octanol–water partition coefficient (Wildman–Crippen LogP) is 3.59. The minimum absolute atomic E-state index is 0.0104. The van der Waals surface area contributed by atoms with Crippen molar-refractivity contribution in [3.8, 4) is 0 Å². The Morgan fingerprint density at radius 1 is 1.14 bits per heavy atom. The fraction of sp³-hybridized carbons (Fsp3) is 0.538. The van der Waals surface area contributed by atoms with Gasteiger partial charge < -0.3 is 25.0 Å². The van der Waals surface area contributed by atoms with Gasteiger partial charge in [-0.15, -0.1) is 0 Å². The molecule has 35 heavy (non-hydrogen) atoms. The number of hydrogen-bond acceptors (Lipinski definition) is 6. The van der Waals surface area contributed by atoms with Gasteiger partial charge in [-0.1, -0.05) is 37.8 Å². The molecule has 1 aromatic rings. The molecule has 9 nitrogen and oxygen atoms in total. The molecule has 2 unspecified atom stereocenters. The van der Waals surface area contributed by atoms with Crippen LogP contribution < -0.4 is 10.6 Å². The van der Waals surface area contributed by atoms with Crippen molar-refractivity contribution in [2.24, 2.45) is 0 Å². The zero-order valence-corrected chi connectivity index (χ0v) is 21.7. The van der Waals surface area contributed by atoms with Crippen LogP contribution in [-0.2, 0) is 23.9 Å². The monoisotopic (exact) mass is 489 g/mol. The summed E-state index contributed by atoms with van der Waals surface area (Å²) in [5.41, 5.74) is 0.660.